The summed E-state index contributed by atoms with van der Waals surface area (Å²) >= 11 is 6.26. The molecule has 1 rings (SSSR count). The summed E-state index contributed by atoms with van der Waals surface area (Å²) in [5.74, 6) is 0.629. The average Bonchev–Trinajstić information content (AvgIpc) is 2.16. The van der Waals surface area contributed by atoms with Crippen LogP contribution in [0.15, 0.2) is 18.2 Å². The van der Waals surface area contributed by atoms with E-state index in [4.69, 9.17) is 17.3 Å². The van der Waals surface area contributed by atoms with Gasteiger partial charge in [0.1, 0.15) is 0 Å². The predicted molar refractivity (Wildman–Crippen MR) is 72.3 cm³/mol. The van der Waals surface area contributed by atoms with Crippen LogP contribution >= 0.6 is 11.6 Å². The first-order chi connectivity index (χ1) is 7.54. The molecule has 0 atom stereocenters. The Labute approximate surface area is 103 Å². The molecule has 90 valence electrons. The second kappa shape index (κ2) is 6.12. The molecule has 0 radical (unpaired) electrons. The number of hydrogen-bond donors (Lipinski definition) is 1. The zero-order valence-corrected chi connectivity index (χ0v) is 11.1. The molecule has 0 saturated heterocycles. The van der Waals surface area contributed by atoms with Crippen LogP contribution in [0.4, 0.5) is 5.69 Å². The molecule has 1 aromatic rings. The smallest absolute Gasteiger partial charge is 0.0642 e. The summed E-state index contributed by atoms with van der Waals surface area (Å²) in [6.45, 7) is 6.08. The Balaban J connectivity index is 2.81. The Morgan fingerprint density at radius 3 is 2.56 bits per heavy atom. The standard InChI is InChI=1S/C13H21ClN2/c1-10(2)9-16(3)13-5-4-11(6-7-15)8-12(13)14/h4-5,8,10H,6-7,9,15H2,1-3H3. The van der Waals surface area contributed by atoms with Gasteiger partial charge < -0.3 is 10.6 Å². The molecule has 0 aliphatic heterocycles. The van der Waals surface area contributed by atoms with Crippen LogP contribution in [0.2, 0.25) is 5.02 Å². The Morgan fingerprint density at radius 1 is 1.38 bits per heavy atom. The van der Waals surface area contributed by atoms with Gasteiger partial charge in [-0.25, -0.2) is 0 Å². The zero-order valence-electron chi connectivity index (χ0n) is 10.3. The molecule has 0 aliphatic rings. The Bertz CT molecular complexity index is 337. The first-order valence-electron chi connectivity index (χ1n) is 5.74. The van der Waals surface area contributed by atoms with Crippen LogP contribution in [0.25, 0.3) is 0 Å². The molecule has 0 aliphatic carbocycles. The van der Waals surface area contributed by atoms with Gasteiger partial charge in [-0.15, -0.1) is 0 Å². The fourth-order valence-electron chi connectivity index (χ4n) is 1.83. The fourth-order valence-corrected chi connectivity index (χ4v) is 2.18. The summed E-state index contributed by atoms with van der Waals surface area (Å²) in [6.07, 6.45) is 0.883. The van der Waals surface area contributed by atoms with Crippen LogP contribution < -0.4 is 10.6 Å². The highest BCUT2D eigenvalue weighted by Gasteiger charge is 2.08. The van der Waals surface area contributed by atoms with E-state index in [1.165, 1.54) is 5.56 Å². The number of nitrogens with zero attached hydrogens (tertiary/aromatic N) is 1. The van der Waals surface area contributed by atoms with Crippen molar-refractivity contribution in [1.29, 1.82) is 0 Å². The van der Waals surface area contributed by atoms with Gasteiger partial charge in [-0.05, 0) is 36.6 Å². The van der Waals surface area contributed by atoms with Gasteiger partial charge in [0, 0.05) is 13.6 Å². The molecule has 2 N–H and O–H groups in total. The summed E-state index contributed by atoms with van der Waals surface area (Å²) < 4.78 is 0. The summed E-state index contributed by atoms with van der Waals surface area (Å²) in [5.41, 5.74) is 7.82. The highest BCUT2D eigenvalue weighted by atomic mass is 35.5. The van der Waals surface area contributed by atoms with Crippen LogP contribution in [0.5, 0.6) is 0 Å². The third-order valence-electron chi connectivity index (χ3n) is 2.50. The van der Waals surface area contributed by atoms with Gasteiger partial charge in [-0.3, -0.25) is 0 Å². The van der Waals surface area contributed by atoms with Crippen molar-refractivity contribution >= 4 is 17.3 Å². The van der Waals surface area contributed by atoms with Crippen LogP contribution in [-0.2, 0) is 6.42 Å². The Morgan fingerprint density at radius 2 is 2.06 bits per heavy atom. The molecule has 0 bridgehead atoms. The minimum Gasteiger partial charge on any atom is -0.373 e. The maximum absolute atomic E-state index is 6.26. The molecular weight excluding hydrogens is 220 g/mol. The lowest BCUT2D eigenvalue weighted by Gasteiger charge is -2.23. The van der Waals surface area contributed by atoms with E-state index in [2.05, 4.69) is 37.9 Å². The molecule has 0 heterocycles. The summed E-state index contributed by atoms with van der Waals surface area (Å²) in [7, 11) is 2.07. The summed E-state index contributed by atoms with van der Waals surface area (Å²) in [5, 5.41) is 0.814. The Hall–Kier alpha value is -0.730. The number of anilines is 1. The molecule has 3 heteroatoms. The third kappa shape index (κ3) is 3.69. The van der Waals surface area contributed by atoms with Crippen molar-refractivity contribution in [2.75, 3.05) is 25.0 Å². The largest absolute Gasteiger partial charge is 0.373 e. The minimum absolute atomic E-state index is 0.629. The molecular formula is C13H21ClN2. The van der Waals surface area contributed by atoms with Gasteiger partial charge in [-0.2, -0.15) is 0 Å². The second-order valence-corrected chi connectivity index (χ2v) is 5.01. The molecule has 0 amide bonds. The van der Waals surface area contributed by atoms with E-state index in [1.807, 2.05) is 6.07 Å². The van der Waals surface area contributed by atoms with E-state index in [0.717, 1.165) is 23.7 Å². The second-order valence-electron chi connectivity index (χ2n) is 4.60. The number of rotatable bonds is 5. The van der Waals surface area contributed by atoms with Gasteiger partial charge in [0.15, 0.2) is 0 Å². The maximum Gasteiger partial charge on any atom is 0.0642 e. The highest BCUT2D eigenvalue weighted by Crippen LogP contribution is 2.26. The lowest BCUT2D eigenvalue weighted by molar-refractivity contribution is 0.638. The topological polar surface area (TPSA) is 29.3 Å². The van der Waals surface area contributed by atoms with E-state index < -0.39 is 0 Å². The predicted octanol–water partition coefficient (Wildman–Crippen LogP) is 2.93. The van der Waals surface area contributed by atoms with Crippen molar-refractivity contribution in [3.05, 3.63) is 28.8 Å². The number of hydrogen-bond acceptors (Lipinski definition) is 2. The van der Waals surface area contributed by atoms with Gasteiger partial charge in [0.05, 0.1) is 10.7 Å². The van der Waals surface area contributed by atoms with Gasteiger partial charge in [-0.1, -0.05) is 31.5 Å². The van der Waals surface area contributed by atoms with E-state index in [0.29, 0.717) is 12.5 Å². The van der Waals surface area contributed by atoms with E-state index in [1.54, 1.807) is 0 Å². The van der Waals surface area contributed by atoms with Crippen LogP contribution in [0, 0.1) is 5.92 Å². The van der Waals surface area contributed by atoms with Gasteiger partial charge >= 0.3 is 0 Å². The van der Waals surface area contributed by atoms with Crippen molar-refractivity contribution in [3.8, 4) is 0 Å². The van der Waals surface area contributed by atoms with Gasteiger partial charge in [0.25, 0.3) is 0 Å². The first-order valence-corrected chi connectivity index (χ1v) is 6.12. The van der Waals surface area contributed by atoms with Crippen molar-refractivity contribution in [3.63, 3.8) is 0 Å². The highest BCUT2D eigenvalue weighted by molar-refractivity contribution is 6.33. The van der Waals surface area contributed by atoms with Crippen molar-refractivity contribution in [2.24, 2.45) is 11.7 Å². The molecule has 0 fully saturated rings. The molecule has 16 heavy (non-hydrogen) atoms. The average molecular weight is 241 g/mol. The summed E-state index contributed by atoms with van der Waals surface area (Å²) in [6, 6.07) is 6.20. The van der Waals surface area contributed by atoms with Crippen molar-refractivity contribution in [1.82, 2.24) is 0 Å². The molecule has 0 saturated carbocycles. The van der Waals surface area contributed by atoms with Crippen LogP contribution in [0.1, 0.15) is 19.4 Å². The normalized spacial score (nSPS) is 10.9. The lowest BCUT2D eigenvalue weighted by Crippen LogP contribution is -2.22. The molecule has 0 aromatic heterocycles. The van der Waals surface area contributed by atoms with Crippen LogP contribution in [-0.4, -0.2) is 20.1 Å². The van der Waals surface area contributed by atoms with Gasteiger partial charge in [0.2, 0.25) is 0 Å². The van der Waals surface area contributed by atoms with Crippen LogP contribution in [0.3, 0.4) is 0 Å². The lowest BCUT2D eigenvalue weighted by atomic mass is 10.1. The molecule has 0 unspecified atom stereocenters. The van der Waals surface area contributed by atoms with E-state index >= 15 is 0 Å². The Kier molecular flexibility index (Phi) is 5.10. The number of nitrogens with two attached hydrogens (primary N) is 1. The maximum atomic E-state index is 6.26. The quantitative estimate of drug-likeness (QED) is 0.858. The van der Waals surface area contributed by atoms with Crippen molar-refractivity contribution in [2.45, 2.75) is 20.3 Å². The monoisotopic (exact) mass is 240 g/mol. The number of benzene rings is 1. The van der Waals surface area contributed by atoms with E-state index in [-0.39, 0.29) is 0 Å². The minimum atomic E-state index is 0.629. The zero-order chi connectivity index (χ0) is 12.1. The van der Waals surface area contributed by atoms with Crippen molar-refractivity contribution < 1.29 is 0 Å². The fraction of sp³-hybridized carbons (Fsp3) is 0.538. The first kappa shape index (κ1) is 13.3. The molecule has 2 nitrogen and oxygen atoms in total. The summed E-state index contributed by atoms with van der Waals surface area (Å²) in [4.78, 5) is 2.19. The third-order valence-corrected chi connectivity index (χ3v) is 2.80. The SMILES string of the molecule is CC(C)CN(C)c1ccc(CCN)cc1Cl. The number of halogens is 1. The molecule has 1 aromatic carbocycles. The van der Waals surface area contributed by atoms with E-state index in [9.17, 15) is 0 Å². The molecule has 0 spiro atoms.